The van der Waals surface area contributed by atoms with Gasteiger partial charge in [0.05, 0.1) is 19.6 Å². The third-order valence-corrected chi connectivity index (χ3v) is 4.61. The number of hydrogen-bond acceptors (Lipinski definition) is 4. The number of H-pyrrole nitrogens is 1. The van der Waals surface area contributed by atoms with Crippen LogP contribution in [-0.4, -0.2) is 40.5 Å². The summed E-state index contributed by atoms with van der Waals surface area (Å²) in [6.07, 6.45) is 2.24. The molecule has 1 aliphatic heterocycles. The first kappa shape index (κ1) is 14.3. The van der Waals surface area contributed by atoms with E-state index in [1.165, 1.54) is 4.88 Å². The molecular formula is C15H19N3O2S. The van der Waals surface area contributed by atoms with Crippen molar-refractivity contribution in [1.29, 1.82) is 0 Å². The first-order chi connectivity index (χ1) is 10.1. The number of aromatic amines is 1. The van der Waals surface area contributed by atoms with Crippen LogP contribution in [-0.2, 0) is 16.0 Å². The van der Waals surface area contributed by atoms with Gasteiger partial charge < -0.3 is 14.6 Å². The van der Waals surface area contributed by atoms with Crippen LogP contribution in [0.5, 0.6) is 0 Å². The lowest BCUT2D eigenvalue weighted by Gasteiger charge is -2.34. The maximum Gasteiger partial charge on any atom is 0.228 e. The molecule has 0 bridgehead atoms. The van der Waals surface area contributed by atoms with Crippen LogP contribution in [0.15, 0.2) is 18.3 Å². The topological polar surface area (TPSA) is 58.2 Å². The number of amides is 1. The van der Waals surface area contributed by atoms with Crippen molar-refractivity contribution < 1.29 is 9.53 Å². The minimum Gasteiger partial charge on any atom is -0.377 e. The van der Waals surface area contributed by atoms with Gasteiger partial charge in [-0.05, 0) is 26.0 Å². The fourth-order valence-corrected chi connectivity index (χ4v) is 3.44. The lowest BCUT2D eigenvalue weighted by Crippen LogP contribution is -2.44. The van der Waals surface area contributed by atoms with Crippen LogP contribution < -0.4 is 0 Å². The van der Waals surface area contributed by atoms with E-state index in [1.54, 1.807) is 17.5 Å². The van der Waals surface area contributed by atoms with Crippen molar-refractivity contribution >= 4 is 17.2 Å². The van der Waals surface area contributed by atoms with E-state index in [0.29, 0.717) is 26.2 Å². The van der Waals surface area contributed by atoms with Gasteiger partial charge in [-0.15, -0.1) is 11.3 Å². The smallest absolute Gasteiger partial charge is 0.228 e. The molecule has 112 valence electrons. The van der Waals surface area contributed by atoms with E-state index in [-0.39, 0.29) is 11.9 Å². The normalized spacial score (nSPS) is 19.0. The van der Waals surface area contributed by atoms with E-state index >= 15 is 0 Å². The highest BCUT2D eigenvalue weighted by Crippen LogP contribution is 2.24. The summed E-state index contributed by atoms with van der Waals surface area (Å²) in [7, 11) is 0. The molecule has 21 heavy (non-hydrogen) atoms. The first-order valence-corrected chi connectivity index (χ1v) is 7.89. The number of ether oxygens (including phenoxy) is 1. The van der Waals surface area contributed by atoms with E-state index < -0.39 is 0 Å². The summed E-state index contributed by atoms with van der Waals surface area (Å²) in [4.78, 5) is 24.4. The largest absolute Gasteiger partial charge is 0.377 e. The Balaban J connectivity index is 1.75. The third kappa shape index (κ3) is 3.16. The van der Waals surface area contributed by atoms with Crippen LogP contribution in [0.25, 0.3) is 0 Å². The molecule has 2 aromatic rings. The Hall–Kier alpha value is -1.66. The van der Waals surface area contributed by atoms with E-state index in [4.69, 9.17) is 4.74 Å². The Morgan fingerprint density at radius 1 is 1.52 bits per heavy atom. The molecule has 0 aromatic carbocycles. The predicted octanol–water partition coefficient (Wildman–Crippen LogP) is 2.23. The molecule has 1 fully saturated rings. The molecule has 0 aliphatic carbocycles. The zero-order valence-corrected chi connectivity index (χ0v) is 13.1. The molecule has 1 saturated heterocycles. The maximum atomic E-state index is 12.6. The molecule has 1 atom stereocenters. The summed E-state index contributed by atoms with van der Waals surface area (Å²) in [5.74, 6) is 0.946. The first-order valence-electron chi connectivity index (χ1n) is 7.07. The van der Waals surface area contributed by atoms with Crippen molar-refractivity contribution in [3.05, 3.63) is 39.6 Å². The Bertz CT molecular complexity index is 634. The van der Waals surface area contributed by atoms with Crippen molar-refractivity contribution in [3.63, 3.8) is 0 Å². The second kappa shape index (κ2) is 5.99. The van der Waals surface area contributed by atoms with Crippen LogP contribution in [0.4, 0.5) is 0 Å². The van der Waals surface area contributed by atoms with Gasteiger partial charge in [-0.1, -0.05) is 0 Å². The molecule has 1 N–H and O–H groups in total. The number of nitrogens with zero attached hydrogens (tertiary/aromatic N) is 2. The van der Waals surface area contributed by atoms with Crippen molar-refractivity contribution in [2.75, 3.05) is 19.8 Å². The SMILES string of the molecule is Cc1cnc(C2COCCN2C(=O)Cc2ccc(C)s2)[nH]1. The number of carbonyl (C=O) groups is 1. The maximum absolute atomic E-state index is 12.6. The molecule has 3 rings (SSSR count). The van der Waals surface area contributed by atoms with Crippen molar-refractivity contribution in [3.8, 4) is 0 Å². The van der Waals surface area contributed by atoms with E-state index in [9.17, 15) is 4.79 Å². The number of hydrogen-bond donors (Lipinski definition) is 1. The molecule has 1 amide bonds. The number of rotatable bonds is 3. The zero-order valence-electron chi connectivity index (χ0n) is 12.3. The molecule has 1 aliphatic rings. The molecule has 3 heterocycles. The molecule has 0 spiro atoms. The summed E-state index contributed by atoms with van der Waals surface area (Å²) >= 11 is 1.68. The average molecular weight is 305 g/mol. The van der Waals surface area contributed by atoms with E-state index in [1.807, 2.05) is 17.9 Å². The van der Waals surface area contributed by atoms with Crippen molar-refractivity contribution in [2.24, 2.45) is 0 Å². The average Bonchev–Trinajstić information content (AvgIpc) is 3.07. The number of aromatic nitrogens is 2. The van der Waals surface area contributed by atoms with Crippen LogP contribution in [0.3, 0.4) is 0 Å². The second-order valence-corrected chi connectivity index (χ2v) is 6.69. The molecule has 1 unspecified atom stereocenters. The van der Waals surface area contributed by atoms with Gasteiger partial charge in [0.2, 0.25) is 5.91 Å². The van der Waals surface area contributed by atoms with Gasteiger partial charge in [0, 0.05) is 28.2 Å². The van der Waals surface area contributed by atoms with Gasteiger partial charge in [0.1, 0.15) is 11.9 Å². The Labute approximate surface area is 128 Å². The van der Waals surface area contributed by atoms with Gasteiger partial charge in [-0.2, -0.15) is 0 Å². The highest BCUT2D eigenvalue weighted by molar-refractivity contribution is 7.12. The predicted molar refractivity (Wildman–Crippen MR) is 81.4 cm³/mol. The molecule has 2 aromatic heterocycles. The third-order valence-electron chi connectivity index (χ3n) is 3.61. The minimum absolute atomic E-state index is 0.110. The fraction of sp³-hybridized carbons (Fsp3) is 0.467. The summed E-state index contributed by atoms with van der Waals surface area (Å²) in [5.41, 5.74) is 0.997. The van der Waals surface area contributed by atoms with Gasteiger partial charge in [-0.3, -0.25) is 4.79 Å². The highest BCUT2D eigenvalue weighted by atomic mass is 32.1. The van der Waals surface area contributed by atoms with Gasteiger partial charge in [-0.25, -0.2) is 4.98 Å². The summed E-state index contributed by atoms with van der Waals surface area (Å²) in [6, 6.07) is 3.98. The van der Waals surface area contributed by atoms with Crippen molar-refractivity contribution in [2.45, 2.75) is 26.3 Å². The molecule has 6 heteroatoms. The standard InChI is InChI=1S/C15H19N3O2S/c1-10-8-16-15(17-10)13-9-20-6-5-18(13)14(19)7-12-4-3-11(2)21-12/h3-4,8,13H,5-7,9H2,1-2H3,(H,16,17). The molecule has 0 saturated carbocycles. The quantitative estimate of drug-likeness (QED) is 0.946. The van der Waals surface area contributed by atoms with Crippen LogP contribution in [0.2, 0.25) is 0 Å². The second-order valence-electron chi connectivity index (χ2n) is 5.32. The monoisotopic (exact) mass is 305 g/mol. The Morgan fingerprint density at radius 3 is 3.05 bits per heavy atom. The number of nitrogens with one attached hydrogen (secondary N) is 1. The number of morpholine rings is 1. The number of aryl methyl sites for hydroxylation is 2. The van der Waals surface area contributed by atoms with Gasteiger partial charge in [0.25, 0.3) is 0 Å². The van der Waals surface area contributed by atoms with Gasteiger partial charge >= 0.3 is 0 Å². The molecule has 0 radical (unpaired) electrons. The minimum atomic E-state index is -0.110. The number of thiophene rings is 1. The lowest BCUT2D eigenvalue weighted by atomic mass is 10.2. The van der Waals surface area contributed by atoms with Crippen LogP contribution in [0.1, 0.15) is 27.3 Å². The zero-order chi connectivity index (χ0) is 14.8. The summed E-state index contributed by atoms with van der Waals surface area (Å²) in [5, 5.41) is 0. The molecule has 5 nitrogen and oxygen atoms in total. The Morgan fingerprint density at radius 2 is 2.38 bits per heavy atom. The molecular weight excluding hydrogens is 286 g/mol. The summed E-state index contributed by atoms with van der Waals surface area (Å²) < 4.78 is 5.53. The lowest BCUT2D eigenvalue weighted by molar-refractivity contribution is -0.139. The fourth-order valence-electron chi connectivity index (χ4n) is 2.56. The van der Waals surface area contributed by atoms with Crippen LogP contribution in [0, 0.1) is 13.8 Å². The summed E-state index contributed by atoms with van der Waals surface area (Å²) in [6.45, 7) is 5.73. The van der Waals surface area contributed by atoms with E-state index in [0.717, 1.165) is 16.4 Å². The highest BCUT2D eigenvalue weighted by Gasteiger charge is 2.30. The number of carbonyl (C=O) groups excluding carboxylic acids is 1. The van der Waals surface area contributed by atoms with E-state index in [2.05, 4.69) is 23.0 Å². The Kier molecular flexibility index (Phi) is 4.07. The number of imidazole rings is 1. The van der Waals surface area contributed by atoms with Gasteiger partial charge in [0.15, 0.2) is 0 Å². The van der Waals surface area contributed by atoms with Crippen LogP contribution >= 0.6 is 11.3 Å². The van der Waals surface area contributed by atoms with Crippen molar-refractivity contribution in [1.82, 2.24) is 14.9 Å².